The summed E-state index contributed by atoms with van der Waals surface area (Å²) in [7, 11) is 0. The van der Waals surface area contributed by atoms with Crippen LogP contribution in [0.25, 0.3) is 5.78 Å². The molecule has 0 amide bonds. The molecule has 0 aliphatic heterocycles. The van der Waals surface area contributed by atoms with Crippen LogP contribution in [0, 0.1) is 13.8 Å². The summed E-state index contributed by atoms with van der Waals surface area (Å²) >= 11 is 1.48. The minimum Gasteiger partial charge on any atom is -0.390 e. The maximum Gasteiger partial charge on any atom is 0.256 e. The van der Waals surface area contributed by atoms with Crippen LogP contribution in [0.1, 0.15) is 41.5 Å². The van der Waals surface area contributed by atoms with Gasteiger partial charge in [0.25, 0.3) is 5.78 Å². The minimum absolute atomic E-state index is 0.0814. The Balaban J connectivity index is 1.35. The fourth-order valence-corrected chi connectivity index (χ4v) is 4.51. The molecule has 0 spiro atoms. The fraction of sp³-hybridized carbons (Fsp3) is 0.450. The number of aromatic nitrogens is 4. The van der Waals surface area contributed by atoms with E-state index in [1.54, 1.807) is 0 Å². The van der Waals surface area contributed by atoms with Crippen LogP contribution in [-0.2, 0) is 11.2 Å². The zero-order chi connectivity index (χ0) is 18.8. The largest absolute Gasteiger partial charge is 0.390 e. The van der Waals surface area contributed by atoms with Crippen LogP contribution in [0.5, 0.6) is 0 Å². The lowest BCUT2D eigenvalue weighted by atomic mass is 9.89. The molecule has 3 aromatic rings. The van der Waals surface area contributed by atoms with Gasteiger partial charge in [-0.3, -0.25) is 4.40 Å². The number of thioether (sulfide) groups is 1. The maximum absolute atomic E-state index is 10.4. The van der Waals surface area contributed by atoms with Crippen molar-refractivity contribution < 1.29 is 9.84 Å². The van der Waals surface area contributed by atoms with Crippen LogP contribution in [0.15, 0.2) is 35.5 Å². The summed E-state index contributed by atoms with van der Waals surface area (Å²) in [4.78, 5) is 4.39. The number of rotatable bonds is 6. The molecule has 0 bridgehead atoms. The van der Waals surface area contributed by atoms with Crippen molar-refractivity contribution in [3.63, 3.8) is 0 Å². The Hall–Kier alpha value is -1.96. The highest BCUT2D eigenvalue weighted by Crippen LogP contribution is 2.32. The maximum atomic E-state index is 10.4. The first-order valence-corrected chi connectivity index (χ1v) is 10.3. The predicted octanol–water partition coefficient (Wildman–Crippen LogP) is 3.29. The molecule has 0 radical (unpaired) electrons. The molecule has 1 aliphatic carbocycles. The van der Waals surface area contributed by atoms with E-state index in [0.717, 1.165) is 35.8 Å². The third-order valence-corrected chi connectivity index (χ3v) is 5.95. The average molecular weight is 385 g/mol. The quantitative estimate of drug-likeness (QED) is 0.658. The summed E-state index contributed by atoms with van der Waals surface area (Å²) in [6, 6.07) is 10.4. The van der Waals surface area contributed by atoms with E-state index in [1.807, 2.05) is 24.3 Å². The smallest absolute Gasteiger partial charge is 0.256 e. The van der Waals surface area contributed by atoms with Crippen molar-refractivity contribution in [2.75, 3.05) is 12.4 Å². The van der Waals surface area contributed by atoms with E-state index in [2.05, 4.69) is 39.4 Å². The molecule has 0 saturated heterocycles. The second-order valence-electron chi connectivity index (χ2n) is 7.03. The average Bonchev–Trinajstić information content (AvgIpc) is 3.07. The molecule has 7 heteroatoms. The monoisotopic (exact) mass is 384 g/mol. The van der Waals surface area contributed by atoms with E-state index >= 15 is 0 Å². The molecule has 1 N–H and O–H groups in total. The second kappa shape index (κ2) is 7.96. The van der Waals surface area contributed by atoms with E-state index in [9.17, 15) is 5.11 Å². The highest BCUT2D eigenvalue weighted by Gasteiger charge is 2.21. The van der Waals surface area contributed by atoms with Crippen LogP contribution < -0.4 is 0 Å². The molecular formula is C20H24N4O2S. The van der Waals surface area contributed by atoms with E-state index in [4.69, 9.17) is 4.74 Å². The molecule has 2 atom stereocenters. The standard InChI is InChI=1S/C20H24N4O2S/c1-13-10-14(2)24-19(21-13)22-23-20(24)27-12-16(25)11-26-18-9-5-7-15-6-3-4-8-17(15)18/h3-4,6,8,10,16,18,25H,5,7,9,11-12H2,1-2H3/t16-,18+/m0/s1. The van der Waals surface area contributed by atoms with Crippen molar-refractivity contribution in [2.24, 2.45) is 0 Å². The lowest BCUT2D eigenvalue weighted by molar-refractivity contribution is -0.00960. The van der Waals surface area contributed by atoms with E-state index < -0.39 is 6.10 Å². The van der Waals surface area contributed by atoms with E-state index in [0.29, 0.717) is 18.1 Å². The number of hydrogen-bond acceptors (Lipinski definition) is 6. The summed E-state index contributed by atoms with van der Waals surface area (Å²) in [5.41, 5.74) is 4.59. The van der Waals surface area contributed by atoms with Gasteiger partial charge in [0.1, 0.15) is 0 Å². The van der Waals surface area contributed by atoms with E-state index in [-0.39, 0.29) is 6.10 Å². The third kappa shape index (κ3) is 4.00. The molecule has 0 fully saturated rings. The summed E-state index contributed by atoms with van der Waals surface area (Å²) in [5.74, 6) is 1.10. The van der Waals surface area contributed by atoms with Crippen LogP contribution in [0.2, 0.25) is 0 Å². The van der Waals surface area contributed by atoms with Crippen LogP contribution in [0.4, 0.5) is 0 Å². The molecule has 0 unspecified atom stereocenters. The number of aryl methyl sites for hydroxylation is 3. The molecule has 0 saturated carbocycles. The van der Waals surface area contributed by atoms with Gasteiger partial charge in [0.2, 0.25) is 0 Å². The zero-order valence-electron chi connectivity index (χ0n) is 15.6. The molecule has 6 nitrogen and oxygen atoms in total. The first kappa shape index (κ1) is 18.4. The van der Waals surface area contributed by atoms with Crippen LogP contribution in [0.3, 0.4) is 0 Å². The van der Waals surface area contributed by atoms with Gasteiger partial charge in [0.05, 0.1) is 18.8 Å². The van der Waals surface area contributed by atoms with E-state index in [1.165, 1.54) is 22.9 Å². The van der Waals surface area contributed by atoms with Gasteiger partial charge in [-0.15, -0.1) is 10.2 Å². The van der Waals surface area contributed by atoms with Crippen LogP contribution in [-0.4, -0.2) is 43.2 Å². The predicted molar refractivity (Wildman–Crippen MR) is 105 cm³/mol. The van der Waals surface area contributed by atoms with Crippen molar-refractivity contribution in [1.29, 1.82) is 0 Å². The van der Waals surface area contributed by atoms with Crippen LogP contribution >= 0.6 is 11.8 Å². The lowest BCUT2D eigenvalue weighted by Gasteiger charge is -2.26. The van der Waals surface area contributed by atoms with Crippen molar-refractivity contribution in [3.05, 3.63) is 52.8 Å². The van der Waals surface area contributed by atoms with Gasteiger partial charge in [-0.25, -0.2) is 4.98 Å². The molecule has 1 aliphatic rings. The molecule has 2 aromatic heterocycles. The molecule has 142 valence electrons. The normalized spacial score (nSPS) is 17.8. The fourth-order valence-electron chi connectivity index (χ4n) is 3.62. The van der Waals surface area contributed by atoms with Crippen molar-refractivity contribution in [3.8, 4) is 0 Å². The second-order valence-corrected chi connectivity index (χ2v) is 8.02. The number of aliphatic hydroxyl groups is 1. The summed E-state index contributed by atoms with van der Waals surface area (Å²) in [5, 5.41) is 19.5. The Bertz CT molecular complexity index is 943. The first-order chi connectivity index (χ1) is 13.1. The molecular weight excluding hydrogens is 360 g/mol. The Morgan fingerprint density at radius 2 is 2.15 bits per heavy atom. The number of ether oxygens (including phenoxy) is 1. The zero-order valence-corrected chi connectivity index (χ0v) is 16.4. The Morgan fingerprint density at radius 1 is 1.30 bits per heavy atom. The summed E-state index contributed by atoms with van der Waals surface area (Å²) in [6.07, 6.45) is 2.77. The van der Waals surface area contributed by atoms with Gasteiger partial charge in [0, 0.05) is 17.1 Å². The Kier molecular flexibility index (Phi) is 5.43. The van der Waals surface area contributed by atoms with Gasteiger partial charge in [-0.1, -0.05) is 36.0 Å². The number of nitrogens with zero attached hydrogens (tertiary/aromatic N) is 4. The molecule has 1 aromatic carbocycles. The molecule has 4 rings (SSSR count). The first-order valence-electron chi connectivity index (χ1n) is 9.31. The van der Waals surface area contributed by atoms with Gasteiger partial charge in [-0.05, 0) is 50.3 Å². The van der Waals surface area contributed by atoms with Gasteiger partial charge >= 0.3 is 0 Å². The molecule has 27 heavy (non-hydrogen) atoms. The van der Waals surface area contributed by atoms with Gasteiger partial charge in [0.15, 0.2) is 5.16 Å². The lowest BCUT2D eigenvalue weighted by Crippen LogP contribution is -2.22. The summed E-state index contributed by atoms with van der Waals surface area (Å²) in [6.45, 7) is 4.27. The van der Waals surface area contributed by atoms with Gasteiger partial charge in [-0.2, -0.15) is 0 Å². The minimum atomic E-state index is -0.560. The van der Waals surface area contributed by atoms with Crippen molar-refractivity contribution >= 4 is 17.5 Å². The molecule has 2 heterocycles. The SMILES string of the molecule is Cc1cc(C)n2c(SC[C@@H](O)CO[C@@H]3CCCc4ccccc43)nnc2n1. The van der Waals surface area contributed by atoms with Gasteiger partial charge < -0.3 is 9.84 Å². The highest BCUT2D eigenvalue weighted by molar-refractivity contribution is 7.99. The number of fused-ring (bicyclic) bond motifs is 2. The van der Waals surface area contributed by atoms with Crippen molar-refractivity contribution in [2.45, 2.75) is 50.5 Å². The number of hydrogen-bond donors (Lipinski definition) is 1. The number of benzene rings is 1. The summed E-state index contributed by atoms with van der Waals surface area (Å²) < 4.78 is 7.97. The van der Waals surface area contributed by atoms with Crippen molar-refractivity contribution in [1.82, 2.24) is 19.6 Å². The highest BCUT2D eigenvalue weighted by atomic mass is 32.2. The Labute approximate surface area is 163 Å². The third-order valence-electron chi connectivity index (χ3n) is 4.87. The number of aliphatic hydroxyl groups excluding tert-OH is 1. The topological polar surface area (TPSA) is 72.5 Å². The Morgan fingerprint density at radius 3 is 3.04 bits per heavy atom.